The van der Waals surface area contributed by atoms with Crippen molar-refractivity contribution in [3.8, 4) is 11.5 Å². The summed E-state index contributed by atoms with van der Waals surface area (Å²) in [7, 11) is 1.48. The van der Waals surface area contributed by atoms with Crippen LogP contribution in [0.25, 0.3) is 0 Å². The van der Waals surface area contributed by atoms with Gasteiger partial charge < -0.3 is 20.1 Å². The molecule has 9 heteroatoms. The maximum Gasteiger partial charge on any atom is 0.269 e. The van der Waals surface area contributed by atoms with Gasteiger partial charge in [0.25, 0.3) is 11.6 Å². The molecule has 0 aromatic heterocycles. The predicted molar refractivity (Wildman–Crippen MR) is 108 cm³/mol. The van der Waals surface area contributed by atoms with Crippen molar-refractivity contribution in [1.29, 1.82) is 0 Å². The molecule has 0 spiro atoms. The van der Waals surface area contributed by atoms with Gasteiger partial charge in [0, 0.05) is 36.5 Å². The molecule has 8 nitrogen and oxygen atoms in total. The summed E-state index contributed by atoms with van der Waals surface area (Å²) in [5.74, 6) is 0.479. The Bertz CT molecular complexity index is 840. The number of nitro groups is 1. The molecule has 0 radical (unpaired) electrons. The summed E-state index contributed by atoms with van der Waals surface area (Å²) in [6.07, 6.45) is -0.0865. The summed E-state index contributed by atoms with van der Waals surface area (Å²) in [5.41, 5.74) is 1.10. The number of ether oxygens (including phenoxy) is 2. The average molecular weight is 408 g/mol. The topological polar surface area (TPSA) is 103 Å². The Hall–Kier alpha value is -3.00. The van der Waals surface area contributed by atoms with E-state index in [4.69, 9.17) is 21.1 Å². The number of methoxy groups -OCH3 is 1. The van der Waals surface area contributed by atoms with Crippen molar-refractivity contribution in [3.05, 3.63) is 57.1 Å². The lowest BCUT2D eigenvalue weighted by Gasteiger charge is -2.16. The van der Waals surface area contributed by atoms with E-state index in [1.807, 2.05) is 13.8 Å². The Morgan fingerprint density at radius 2 is 1.89 bits per heavy atom. The van der Waals surface area contributed by atoms with Crippen molar-refractivity contribution in [2.75, 3.05) is 25.5 Å². The summed E-state index contributed by atoms with van der Waals surface area (Å²) in [4.78, 5) is 22.5. The van der Waals surface area contributed by atoms with Gasteiger partial charge in [-0.05, 0) is 38.1 Å². The number of non-ortho nitro benzene ring substituents is 1. The van der Waals surface area contributed by atoms with Crippen LogP contribution in [0, 0.1) is 10.1 Å². The van der Waals surface area contributed by atoms with Gasteiger partial charge in [-0.2, -0.15) is 0 Å². The minimum Gasteiger partial charge on any atom is -0.493 e. The zero-order valence-electron chi connectivity index (χ0n) is 15.8. The van der Waals surface area contributed by atoms with Crippen LogP contribution in [0.4, 0.5) is 11.4 Å². The van der Waals surface area contributed by atoms with E-state index >= 15 is 0 Å². The molecule has 0 atom stereocenters. The minimum atomic E-state index is -0.457. The number of nitrogens with zero attached hydrogens (tertiary/aromatic N) is 1. The van der Waals surface area contributed by atoms with E-state index in [9.17, 15) is 14.9 Å². The van der Waals surface area contributed by atoms with Crippen LogP contribution in [-0.4, -0.2) is 37.1 Å². The summed E-state index contributed by atoms with van der Waals surface area (Å²) in [6, 6.07) is 9.14. The Kier molecular flexibility index (Phi) is 7.45. The molecular weight excluding hydrogens is 386 g/mol. The highest BCUT2D eigenvalue weighted by molar-refractivity contribution is 6.32. The van der Waals surface area contributed by atoms with Gasteiger partial charge in [0.2, 0.25) is 0 Å². The number of amides is 1. The van der Waals surface area contributed by atoms with E-state index in [2.05, 4.69) is 10.6 Å². The molecule has 2 rings (SSSR count). The van der Waals surface area contributed by atoms with Gasteiger partial charge in [-0.25, -0.2) is 0 Å². The van der Waals surface area contributed by atoms with Crippen molar-refractivity contribution >= 4 is 28.9 Å². The fourth-order valence-corrected chi connectivity index (χ4v) is 2.64. The molecule has 0 fully saturated rings. The third-order valence-electron chi connectivity index (χ3n) is 3.66. The number of hydrogen-bond donors (Lipinski definition) is 2. The number of halogens is 1. The number of anilines is 1. The number of nitro benzene ring substituents is 1. The van der Waals surface area contributed by atoms with E-state index in [-0.39, 0.29) is 17.7 Å². The van der Waals surface area contributed by atoms with Gasteiger partial charge in [-0.15, -0.1) is 0 Å². The normalized spacial score (nSPS) is 10.5. The van der Waals surface area contributed by atoms with Crippen LogP contribution >= 0.6 is 11.6 Å². The molecule has 0 aliphatic heterocycles. The summed E-state index contributed by atoms with van der Waals surface area (Å²) < 4.78 is 10.9. The van der Waals surface area contributed by atoms with E-state index in [0.717, 1.165) is 5.69 Å². The Morgan fingerprint density at radius 3 is 2.46 bits per heavy atom. The van der Waals surface area contributed by atoms with Crippen molar-refractivity contribution in [1.82, 2.24) is 5.32 Å². The second kappa shape index (κ2) is 9.80. The lowest BCUT2D eigenvalue weighted by atomic mass is 10.2. The van der Waals surface area contributed by atoms with Crippen LogP contribution in [0.1, 0.15) is 24.2 Å². The smallest absolute Gasteiger partial charge is 0.269 e. The molecule has 0 bridgehead atoms. The molecule has 150 valence electrons. The molecule has 0 saturated heterocycles. The molecular formula is C19H22ClN3O5. The van der Waals surface area contributed by atoms with Crippen molar-refractivity contribution in [2.24, 2.45) is 0 Å². The van der Waals surface area contributed by atoms with Gasteiger partial charge in [0.1, 0.15) is 0 Å². The number of benzene rings is 2. The van der Waals surface area contributed by atoms with Crippen molar-refractivity contribution < 1.29 is 19.2 Å². The second-order valence-corrected chi connectivity index (χ2v) is 6.55. The zero-order chi connectivity index (χ0) is 20.7. The SMILES string of the molecule is COc1cc(C(=O)NCCNc2ccc([N+](=O)[O-])cc2)cc(Cl)c1OC(C)C. The Morgan fingerprint density at radius 1 is 1.21 bits per heavy atom. The molecule has 28 heavy (non-hydrogen) atoms. The average Bonchev–Trinajstić information content (AvgIpc) is 2.66. The number of hydrogen-bond acceptors (Lipinski definition) is 6. The van der Waals surface area contributed by atoms with Crippen LogP contribution in [0.15, 0.2) is 36.4 Å². The first-order valence-electron chi connectivity index (χ1n) is 8.62. The molecule has 2 N–H and O–H groups in total. The fraction of sp³-hybridized carbons (Fsp3) is 0.316. The highest BCUT2D eigenvalue weighted by Gasteiger charge is 2.16. The first kappa shape index (κ1) is 21.3. The molecule has 0 saturated carbocycles. The monoisotopic (exact) mass is 407 g/mol. The van der Waals surface area contributed by atoms with Gasteiger partial charge in [0.05, 0.1) is 23.2 Å². The molecule has 0 heterocycles. The van der Waals surface area contributed by atoms with Gasteiger partial charge in [0.15, 0.2) is 11.5 Å². The summed E-state index contributed by atoms with van der Waals surface area (Å²) in [5, 5.41) is 16.8. The van der Waals surface area contributed by atoms with Gasteiger partial charge in [-0.3, -0.25) is 14.9 Å². The van der Waals surface area contributed by atoms with Crippen LogP contribution < -0.4 is 20.1 Å². The van der Waals surface area contributed by atoms with Crippen LogP contribution in [0.5, 0.6) is 11.5 Å². The largest absolute Gasteiger partial charge is 0.493 e. The molecule has 2 aromatic rings. The van der Waals surface area contributed by atoms with Crippen molar-refractivity contribution in [2.45, 2.75) is 20.0 Å². The maximum absolute atomic E-state index is 12.4. The van der Waals surface area contributed by atoms with Gasteiger partial charge >= 0.3 is 0 Å². The number of carbonyl (C=O) groups is 1. The zero-order valence-corrected chi connectivity index (χ0v) is 16.6. The summed E-state index contributed by atoms with van der Waals surface area (Å²) >= 11 is 6.23. The summed E-state index contributed by atoms with van der Waals surface area (Å²) in [6.45, 7) is 4.53. The fourth-order valence-electron chi connectivity index (χ4n) is 2.39. The Balaban J connectivity index is 1.92. The highest BCUT2D eigenvalue weighted by atomic mass is 35.5. The number of rotatable bonds is 9. The quantitative estimate of drug-likeness (QED) is 0.371. The van der Waals surface area contributed by atoms with Gasteiger partial charge in [-0.1, -0.05) is 11.6 Å². The number of carbonyl (C=O) groups excluding carboxylic acids is 1. The Labute approximate surface area is 167 Å². The predicted octanol–water partition coefficient (Wildman–Crippen LogP) is 3.89. The maximum atomic E-state index is 12.4. The third kappa shape index (κ3) is 5.75. The lowest BCUT2D eigenvalue weighted by molar-refractivity contribution is -0.384. The molecule has 1 amide bonds. The second-order valence-electron chi connectivity index (χ2n) is 6.14. The van der Waals surface area contributed by atoms with E-state index in [0.29, 0.717) is 35.2 Å². The molecule has 0 aliphatic rings. The molecule has 0 unspecified atom stereocenters. The highest BCUT2D eigenvalue weighted by Crippen LogP contribution is 2.37. The molecule has 0 aliphatic carbocycles. The lowest BCUT2D eigenvalue weighted by Crippen LogP contribution is -2.28. The molecule has 2 aromatic carbocycles. The minimum absolute atomic E-state index is 0.0228. The van der Waals surface area contributed by atoms with Crippen LogP contribution in [-0.2, 0) is 0 Å². The van der Waals surface area contributed by atoms with E-state index in [1.54, 1.807) is 18.2 Å². The van der Waals surface area contributed by atoms with Crippen LogP contribution in [0.3, 0.4) is 0 Å². The third-order valence-corrected chi connectivity index (χ3v) is 3.94. The van der Waals surface area contributed by atoms with Crippen molar-refractivity contribution in [3.63, 3.8) is 0 Å². The first-order chi connectivity index (χ1) is 13.3. The first-order valence-corrected chi connectivity index (χ1v) is 9.00. The van der Waals surface area contributed by atoms with E-state index < -0.39 is 4.92 Å². The number of nitrogens with one attached hydrogen (secondary N) is 2. The van der Waals surface area contributed by atoms with E-state index in [1.165, 1.54) is 25.3 Å². The standard InChI is InChI=1S/C19H22ClN3O5/c1-12(2)28-18-16(20)10-13(11-17(18)27-3)19(24)22-9-8-21-14-4-6-15(7-5-14)23(25)26/h4-7,10-12,21H,8-9H2,1-3H3,(H,22,24). The van der Waals surface area contributed by atoms with Crippen LogP contribution in [0.2, 0.25) is 5.02 Å².